The highest BCUT2D eigenvalue weighted by Crippen LogP contribution is 2.26. The maximum absolute atomic E-state index is 13.0. The van der Waals surface area contributed by atoms with E-state index < -0.39 is 6.10 Å². The van der Waals surface area contributed by atoms with Crippen LogP contribution in [0.15, 0.2) is 22.7 Å². The second kappa shape index (κ2) is 9.10. The van der Waals surface area contributed by atoms with E-state index in [0.29, 0.717) is 22.8 Å². The third-order valence-electron chi connectivity index (χ3n) is 3.40. The van der Waals surface area contributed by atoms with E-state index in [4.69, 9.17) is 4.74 Å². The van der Waals surface area contributed by atoms with Crippen LogP contribution >= 0.6 is 15.9 Å². The number of halogens is 2. The predicted molar refractivity (Wildman–Crippen MR) is 89.6 cm³/mol. The zero-order valence-corrected chi connectivity index (χ0v) is 15.1. The van der Waals surface area contributed by atoms with Crippen molar-refractivity contribution in [3.63, 3.8) is 0 Å². The first kappa shape index (κ1) is 18.9. The van der Waals surface area contributed by atoms with Crippen LogP contribution in [0.3, 0.4) is 0 Å². The molecule has 0 saturated carbocycles. The van der Waals surface area contributed by atoms with Crippen LogP contribution in [0.1, 0.15) is 27.7 Å². The van der Waals surface area contributed by atoms with E-state index in [1.807, 2.05) is 0 Å². The van der Waals surface area contributed by atoms with E-state index in [0.717, 1.165) is 13.1 Å². The maximum atomic E-state index is 13.0. The van der Waals surface area contributed by atoms with Crippen molar-refractivity contribution in [2.24, 2.45) is 0 Å². The smallest absolute Gasteiger partial charge is 0.260 e. The normalized spacial score (nSPS) is 12.5. The number of carbonyl (C=O) groups is 1. The topological polar surface area (TPSA) is 41.6 Å². The molecule has 0 aliphatic heterocycles. The summed E-state index contributed by atoms with van der Waals surface area (Å²) >= 11 is 3.22. The summed E-state index contributed by atoms with van der Waals surface area (Å²) in [5, 5.41) is 2.86. The van der Waals surface area contributed by atoms with Gasteiger partial charge in [0, 0.05) is 19.1 Å². The molecule has 0 saturated heterocycles. The molecule has 6 heteroatoms. The molecule has 0 radical (unpaired) electrons. The average Bonchev–Trinajstić information content (AvgIpc) is 2.45. The van der Waals surface area contributed by atoms with Crippen molar-refractivity contribution in [2.45, 2.75) is 39.8 Å². The molecule has 4 nitrogen and oxygen atoms in total. The summed E-state index contributed by atoms with van der Waals surface area (Å²) in [6.45, 7) is 10.3. The van der Waals surface area contributed by atoms with Gasteiger partial charge in [0.2, 0.25) is 0 Å². The Morgan fingerprint density at radius 3 is 2.64 bits per heavy atom. The minimum atomic E-state index is -0.643. The molecule has 22 heavy (non-hydrogen) atoms. The first-order valence-electron chi connectivity index (χ1n) is 7.48. The molecule has 0 fully saturated rings. The molecule has 1 amide bonds. The van der Waals surface area contributed by atoms with Crippen LogP contribution in [-0.4, -0.2) is 42.6 Å². The lowest BCUT2D eigenvalue weighted by Crippen LogP contribution is -2.42. The highest BCUT2D eigenvalue weighted by molar-refractivity contribution is 9.10. The quantitative estimate of drug-likeness (QED) is 0.759. The second-order valence-corrected chi connectivity index (χ2v) is 6.20. The summed E-state index contributed by atoms with van der Waals surface area (Å²) in [7, 11) is 0. The Labute approximate surface area is 140 Å². The molecule has 1 aromatic rings. The minimum Gasteiger partial charge on any atom is -0.480 e. The molecule has 124 valence electrons. The molecule has 0 aliphatic rings. The summed E-state index contributed by atoms with van der Waals surface area (Å²) in [4.78, 5) is 14.3. The molecule has 0 aliphatic carbocycles. The van der Waals surface area contributed by atoms with E-state index in [1.54, 1.807) is 6.92 Å². The van der Waals surface area contributed by atoms with E-state index in [2.05, 4.69) is 46.9 Å². The van der Waals surface area contributed by atoms with Crippen molar-refractivity contribution in [3.05, 3.63) is 28.5 Å². The fourth-order valence-electron chi connectivity index (χ4n) is 2.06. The molecule has 1 aromatic carbocycles. The van der Waals surface area contributed by atoms with Gasteiger partial charge in [-0.25, -0.2) is 4.39 Å². The minimum absolute atomic E-state index is 0.184. The fourth-order valence-corrected chi connectivity index (χ4v) is 2.51. The lowest BCUT2D eigenvalue weighted by molar-refractivity contribution is -0.127. The van der Waals surface area contributed by atoms with Gasteiger partial charge >= 0.3 is 0 Å². The largest absolute Gasteiger partial charge is 0.480 e. The molecule has 1 atom stereocenters. The molecular weight excluding hydrogens is 351 g/mol. The molecule has 1 rings (SSSR count). The summed E-state index contributed by atoms with van der Waals surface area (Å²) in [5.74, 6) is -0.0953. The molecule has 1 N–H and O–H groups in total. The number of benzene rings is 1. The van der Waals surface area contributed by atoms with Gasteiger partial charge in [0.15, 0.2) is 6.10 Å². The number of nitrogens with one attached hydrogen (secondary N) is 1. The van der Waals surface area contributed by atoms with Crippen molar-refractivity contribution >= 4 is 21.8 Å². The first-order valence-corrected chi connectivity index (χ1v) is 8.27. The number of hydrogen-bond donors (Lipinski definition) is 1. The van der Waals surface area contributed by atoms with Gasteiger partial charge in [0.25, 0.3) is 5.91 Å². The van der Waals surface area contributed by atoms with Gasteiger partial charge in [-0.3, -0.25) is 9.69 Å². The third kappa shape index (κ3) is 5.93. The van der Waals surface area contributed by atoms with Gasteiger partial charge < -0.3 is 10.1 Å². The molecule has 0 spiro atoms. The zero-order chi connectivity index (χ0) is 16.7. The number of nitrogens with zero attached hydrogens (tertiary/aromatic N) is 1. The average molecular weight is 375 g/mol. The summed E-state index contributed by atoms with van der Waals surface area (Å²) < 4.78 is 19.1. The van der Waals surface area contributed by atoms with Gasteiger partial charge in [0.05, 0.1) is 4.47 Å². The van der Waals surface area contributed by atoms with Crippen LogP contribution in [0, 0.1) is 5.82 Å². The lowest BCUT2D eigenvalue weighted by Gasteiger charge is -2.25. The Balaban J connectivity index is 2.45. The van der Waals surface area contributed by atoms with Crippen molar-refractivity contribution < 1.29 is 13.9 Å². The number of rotatable bonds is 8. The van der Waals surface area contributed by atoms with Crippen LogP contribution < -0.4 is 10.1 Å². The van der Waals surface area contributed by atoms with Crippen LogP contribution in [0.2, 0.25) is 0 Å². The summed E-state index contributed by atoms with van der Waals surface area (Å²) in [6, 6.07) is 4.56. The van der Waals surface area contributed by atoms with E-state index in [-0.39, 0.29) is 11.7 Å². The summed E-state index contributed by atoms with van der Waals surface area (Å²) in [6.07, 6.45) is -0.643. The predicted octanol–water partition coefficient (Wildman–Crippen LogP) is 3.20. The maximum Gasteiger partial charge on any atom is 0.260 e. The highest BCUT2D eigenvalue weighted by atomic mass is 79.9. The Bertz CT molecular complexity index is 497. The first-order chi connectivity index (χ1) is 10.3. The highest BCUT2D eigenvalue weighted by Gasteiger charge is 2.16. The van der Waals surface area contributed by atoms with Gasteiger partial charge in [-0.2, -0.15) is 0 Å². The van der Waals surface area contributed by atoms with E-state index in [1.165, 1.54) is 18.2 Å². The van der Waals surface area contributed by atoms with Gasteiger partial charge in [-0.15, -0.1) is 0 Å². The second-order valence-electron chi connectivity index (χ2n) is 5.35. The zero-order valence-electron chi connectivity index (χ0n) is 13.5. The molecular formula is C16H24BrFN2O2. The molecule has 1 unspecified atom stereocenters. The number of ether oxygens (including phenoxy) is 1. The molecule has 0 bridgehead atoms. The number of carbonyl (C=O) groups excluding carboxylic acids is 1. The number of likely N-dealkylation sites (N-methyl/N-ethyl adjacent to an activating group) is 1. The van der Waals surface area contributed by atoms with E-state index in [9.17, 15) is 9.18 Å². The van der Waals surface area contributed by atoms with Crippen molar-refractivity contribution in [2.75, 3.05) is 19.6 Å². The van der Waals surface area contributed by atoms with Gasteiger partial charge in [-0.1, -0.05) is 6.92 Å². The standard InChI is InChI=1S/C16H24BrFN2O2/c1-5-20(11(2)3)9-8-19-16(21)12(4)22-15-7-6-13(18)10-14(15)17/h6-7,10-12H,5,8-9H2,1-4H3,(H,19,21). The summed E-state index contributed by atoms with van der Waals surface area (Å²) in [5.41, 5.74) is 0. The third-order valence-corrected chi connectivity index (χ3v) is 4.02. The van der Waals surface area contributed by atoms with Crippen LogP contribution in [0.4, 0.5) is 4.39 Å². The van der Waals surface area contributed by atoms with Crippen LogP contribution in [0.25, 0.3) is 0 Å². The Morgan fingerprint density at radius 1 is 1.41 bits per heavy atom. The Hall–Kier alpha value is -1.14. The lowest BCUT2D eigenvalue weighted by atomic mass is 10.3. The number of amides is 1. The van der Waals surface area contributed by atoms with E-state index >= 15 is 0 Å². The van der Waals surface area contributed by atoms with Gasteiger partial charge in [-0.05, 0) is 61.4 Å². The SMILES string of the molecule is CCN(CCNC(=O)C(C)Oc1ccc(F)cc1Br)C(C)C. The monoisotopic (exact) mass is 374 g/mol. The van der Waals surface area contributed by atoms with Crippen molar-refractivity contribution in [1.82, 2.24) is 10.2 Å². The van der Waals surface area contributed by atoms with Gasteiger partial charge in [0.1, 0.15) is 11.6 Å². The molecule has 0 heterocycles. The Morgan fingerprint density at radius 2 is 2.09 bits per heavy atom. The Kier molecular flexibility index (Phi) is 7.82. The van der Waals surface area contributed by atoms with Crippen molar-refractivity contribution in [3.8, 4) is 5.75 Å². The molecule has 0 aromatic heterocycles. The van der Waals surface area contributed by atoms with Crippen molar-refractivity contribution in [1.29, 1.82) is 0 Å². The fraction of sp³-hybridized carbons (Fsp3) is 0.562. The van der Waals surface area contributed by atoms with Crippen LogP contribution in [-0.2, 0) is 4.79 Å². The number of hydrogen-bond acceptors (Lipinski definition) is 3. The van der Waals surface area contributed by atoms with Crippen LogP contribution in [0.5, 0.6) is 5.75 Å².